The van der Waals surface area contributed by atoms with Gasteiger partial charge >= 0.3 is 0 Å². The number of halogens is 1. The molecule has 0 bridgehead atoms. The summed E-state index contributed by atoms with van der Waals surface area (Å²) in [5.74, 6) is 6.55. The second-order valence-corrected chi connectivity index (χ2v) is 8.65. The Morgan fingerprint density at radius 3 is 2.91 bits per heavy atom. The number of nitrogen functional groups attached to an aromatic ring is 1. The Morgan fingerprint density at radius 2 is 2.12 bits per heavy atom. The molecule has 0 radical (unpaired) electrons. The number of nitrogens with zero attached hydrogens (tertiary/aromatic N) is 6. The number of hydrogen-bond acceptors (Lipinski definition) is 5. The van der Waals surface area contributed by atoms with Crippen molar-refractivity contribution in [1.29, 1.82) is 0 Å². The van der Waals surface area contributed by atoms with Crippen LogP contribution in [0.2, 0.25) is 5.02 Å². The molecule has 0 aliphatic carbocycles. The molecular weight excluding hydrogens is 438 g/mol. The summed E-state index contributed by atoms with van der Waals surface area (Å²) in [6.07, 6.45) is 5.52. The van der Waals surface area contributed by atoms with Crippen molar-refractivity contribution in [3.05, 3.63) is 59.7 Å². The first-order chi connectivity index (χ1) is 15.9. The number of likely N-dealkylation sites (tertiary alicyclic amines) is 1. The maximum atomic E-state index is 12.2. The minimum absolute atomic E-state index is 0.00259. The Balaban J connectivity index is 1.58. The van der Waals surface area contributed by atoms with Crippen molar-refractivity contribution in [2.24, 2.45) is 7.05 Å². The summed E-state index contributed by atoms with van der Waals surface area (Å²) in [7, 11) is 1.92. The third-order valence-electron chi connectivity index (χ3n) is 6.14. The van der Waals surface area contributed by atoms with Crippen LogP contribution in [0.5, 0.6) is 0 Å². The maximum absolute atomic E-state index is 12.2. The normalized spacial score (nSPS) is 18.0. The number of imidazole rings is 1. The van der Waals surface area contributed by atoms with Crippen molar-refractivity contribution in [2.75, 3.05) is 12.3 Å². The van der Waals surface area contributed by atoms with Crippen LogP contribution in [0.1, 0.15) is 30.6 Å². The maximum Gasteiger partial charge on any atom is 0.246 e. The van der Waals surface area contributed by atoms with Gasteiger partial charge in [0, 0.05) is 31.4 Å². The van der Waals surface area contributed by atoms with Gasteiger partial charge in [-0.3, -0.25) is 9.48 Å². The van der Waals surface area contributed by atoms with E-state index < -0.39 is 0 Å². The molecule has 1 aliphatic heterocycles. The average molecular weight is 460 g/mol. The monoisotopic (exact) mass is 459 g/mol. The Kier molecular flexibility index (Phi) is 5.06. The molecule has 1 saturated heterocycles. The van der Waals surface area contributed by atoms with Crippen LogP contribution in [0.25, 0.3) is 21.9 Å². The molecule has 1 fully saturated rings. The van der Waals surface area contributed by atoms with Crippen molar-refractivity contribution in [1.82, 2.24) is 29.2 Å². The van der Waals surface area contributed by atoms with E-state index in [9.17, 15) is 4.79 Å². The van der Waals surface area contributed by atoms with Crippen molar-refractivity contribution in [3.8, 4) is 11.8 Å². The van der Waals surface area contributed by atoms with E-state index in [1.165, 1.54) is 6.08 Å². The number of benzene rings is 1. The first kappa shape index (κ1) is 21.0. The van der Waals surface area contributed by atoms with Crippen molar-refractivity contribution in [2.45, 2.75) is 25.4 Å². The Morgan fingerprint density at radius 1 is 1.30 bits per heavy atom. The van der Waals surface area contributed by atoms with Crippen LogP contribution >= 0.6 is 11.6 Å². The van der Waals surface area contributed by atoms with Crippen LogP contribution in [0, 0.1) is 11.8 Å². The number of aromatic nitrogens is 5. The van der Waals surface area contributed by atoms with E-state index in [-0.39, 0.29) is 18.0 Å². The Hall–Kier alpha value is -3.83. The van der Waals surface area contributed by atoms with E-state index in [4.69, 9.17) is 22.4 Å². The van der Waals surface area contributed by atoms with Crippen molar-refractivity contribution >= 4 is 45.3 Å². The number of carbonyl (C=O) groups excluding carboxylic acids is 1. The molecular formula is C24H22ClN7O. The summed E-state index contributed by atoms with van der Waals surface area (Å²) in [6.45, 7) is 6.18. The van der Waals surface area contributed by atoms with Crippen LogP contribution in [-0.4, -0.2) is 47.7 Å². The van der Waals surface area contributed by atoms with Crippen molar-refractivity contribution in [3.63, 3.8) is 0 Å². The number of rotatable bonds is 2. The van der Waals surface area contributed by atoms with E-state index >= 15 is 0 Å². The highest BCUT2D eigenvalue weighted by molar-refractivity contribution is 6.32. The first-order valence-corrected chi connectivity index (χ1v) is 10.9. The van der Waals surface area contributed by atoms with Gasteiger partial charge in [-0.1, -0.05) is 24.1 Å². The molecule has 33 heavy (non-hydrogen) atoms. The highest BCUT2D eigenvalue weighted by Crippen LogP contribution is 2.32. The summed E-state index contributed by atoms with van der Waals surface area (Å²) >= 11 is 6.48. The number of fused-ring (bicyclic) bond motifs is 2. The molecule has 166 valence electrons. The zero-order chi connectivity index (χ0) is 23.3. The second-order valence-electron chi connectivity index (χ2n) is 8.24. The second kappa shape index (κ2) is 7.94. The van der Waals surface area contributed by atoms with Gasteiger partial charge in [-0.2, -0.15) is 5.10 Å². The van der Waals surface area contributed by atoms with Gasteiger partial charge in [-0.05, 0) is 43.5 Å². The fourth-order valence-electron chi connectivity index (χ4n) is 4.45. The summed E-state index contributed by atoms with van der Waals surface area (Å²) in [6, 6.07) is 5.67. The third-order valence-corrected chi connectivity index (χ3v) is 6.45. The first-order valence-electron chi connectivity index (χ1n) is 10.6. The molecule has 0 spiro atoms. The van der Waals surface area contributed by atoms with Crippen molar-refractivity contribution < 1.29 is 4.79 Å². The molecule has 0 saturated carbocycles. The van der Waals surface area contributed by atoms with E-state index in [0.29, 0.717) is 34.0 Å². The highest BCUT2D eigenvalue weighted by atomic mass is 35.5. The summed E-state index contributed by atoms with van der Waals surface area (Å²) in [5.41, 5.74) is 9.98. The third kappa shape index (κ3) is 3.51. The topological polar surface area (TPSA) is 94.9 Å². The fourth-order valence-corrected chi connectivity index (χ4v) is 4.66. The summed E-state index contributed by atoms with van der Waals surface area (Å²) < 4.78 is 3.82. The van der Waals surface area contributed by atoms with Crippen LogP contribution < -0.4 is 5.73 Å². The molecule has 1 aliphatic rings. The van der Waals surface area contributed by atoms with Gasteiger partial charge in [-0.25, -0.2) is 9.97 Å². The molecule has 4 aromatic rings. The van der Waals surface area contributed by atoms with Gasteiger partial charge in [0.2, 0.25) is 5.91 Å². The van der Waals surface area contributed by atoms with Gasteiger partial charge < -0.3 is 15.2 Å². The predicted molar refractivity (Wildman–Crippen MR) is 129 cm³/mol. The molecule has 1 aromatic carbocycles. The quantitative estimate of drug-likeness (QED) is 0.366. The van der Waals surface area contributed by atoms with E-state index in [0.717, 1.165) is 23.0 Å². The zero-order valence-electron chi connectivity index (χ0n) is 18.3. The molecule has 5 rings (SSSR count). The van der Waals surface area contributed by atoms with Gasteiger partial charge in [-0.15, -0.1) is 0 Å². The van der Waals surface area contributed by atoms with Crippen LogP contribution in [0.4, 0.5) is 5.82 Å². The Bertz CT molecular complexity index is 1490. The lowest BCUT2D eigenvalue weighted by atomic mass is 10.1. The molecule has 2 N–H and O–H groups in total. The minimum Gasteiger partial charge on any atom is -0.383 e. The van der Waals surface area contributed by atoms with Gasteiger partial charge in [0.1, 0.15) is 11.5 Å². The fraction of sp³-hybridized carbons (Fsp3) is 0.250. The summed E-state index contributed by atoms with van der Waals surface area (Å²) in [5, 5.41) is 6.03. The average Bonchev–Trinajstić information content (AvgIpc) is 3.47. The molecule has 9 heteroatoms. The molecule has 2 atom stereocenters. The minimum atomic E-state index is -0.0813. The van der Waals surface area contributed by atoms with Gasteiger partial charge in [0.15, 0.2) is 0 Å². The molecule has 4 heterocycles. The van der Waals surface area contributed by atoms with E-state index in [1.807, 2.05) is 46.3 Å². The van der Waals surface area contributed by atoms with E-state index in [1.54, 1.807) is 12.5 Å². The van der Waals surface area contributed by atoms with Crippen LogP contribution in [-0.2, 0) is 11.8 Å². The SMILES string of the molecule is C=CC(=O)N1C[C@@H](n2nc(C#Cc3cc4ncn(C)c4cc3Cl)c3c(N)nccc32)C[C@@H]1C. The molecule has 1 amide bonds. The molecule has 0 unspecified atom stereocenters. The van der Waals surface area contributed by atoms with Crippen LogP contribution in [0.3, 0.4) is 0 Å². The number of aryl methyl sites for hydroxylation is 1. The summed E-state index contributed by atoms with van der Waals surface area (Å²) in [4.78, 5) is 22.6. The number of nitrogens with two attached hydrogens (primary N) is 1. The van der Waals surface area contributed by atoms with E-state index in [2.05, 4.69) is 28.4 Å². The lowest BCUT2D eigenvalue weighted by molar-refractivity contribution is -0.126. The highest BCUT2D eigenvalue weighted by Gasteiger charge is 2.34. The zero-order valence-corrected chi connectivity index (χ0v) is 19.0. The smallest absolute Gasteiger partial charge is 0.246 e. The number of anilines is 1. The molecule has 8 nitrogen and oxygen atoms in total. The lowest BCUT2D eigenvalue weighted by Gasteiger charge is -2.19. The Labute approximate surface area is 195 Å². The predicted octanol–water partition coefficient (Wildman–Crippen LogP) is 3.30. The lowest BCUT2D eigenvalue weighted by Crippen LogP contribution is -2.32. The molecule has 3 aromatic heterocycles. The standard InChI is InChI=1S/C24H22ClN7O/c1-4-22(33)31-12-16(9-14(31)2)32-20-7-8-27-24(26)23(20)18(29-32)6-5-15-10-19-21(11-17(15)25)30(3)13-28-19/h4,7-8,10-11,13-14,16H,1,9,12H2,2-3H3,(H2,26,27)/t14-,16-/m0/s1. The largest absolute Gasteiger partial charge is 0.383 e. The van der Waals surface area contributed by atoms with Crippen LogP contribution in [0.15, 0.2) is 43.4 Å². The van der Waals surface area contributed by atoms with Gasteiger partial charge in [0.05, 0.1) is 39.3 Å². The number of pyridine rings is 1. The number of carbonyl (C=O) groups is 1. The van der Waals surface area contributed by atoms with Gasteiger partial charge in [0.25, 0.3) is 0 Å². The number of hydrogen-bond donors (Lipinski definition) is 1. The number of amides is 1.